The molecule has 1 aromatic rings. The Bertz CT molecular complexity index is 681. The lowest BCUT2D eigenvalue weighted by Crippen LogP contribution is -2.58. The second-order valence-corrected chi connectivity index (χ2v) is 11.1. The van der Waals surface area contributed by atoms with E-state index in [9.17, 15) is 4.79 Å². The molecule has 4 bridgehead atoms. The van der Waals surface area contributed by atoms with Crippen LogP contribution in [0.4, 0.5) is 0 Å². The molecule has 0 saturated heterocycles. The largest absolute Gasteiger partial charge is 0.355 e. The minimum atomic E-state index is -0.188. The molecule has 4 aliphatic carbocycles. The van der Waals surface area contributed by atoms with Crippen LogP contribution >= 0.6 is 11.6 Å². The Kier molecular flexibility index (Phi) is 5.08. The molecule has 0 spiro atoms. The summed E-state index contributed by atoms with van der Waals surface area (Å²) in [6.07, 6.45) is 7.67. The summed E-state index contributed by atoms with van der Waals surface area (Å²) in [6, 6.07) is 8.94. The Labute approximate surface area is 169 Å². The Morgan fingerprint density at radius 1 is 1.11 bits per heavy atom. The molecule has 5 rings (SSSR count). The molecule has 4 aliphatic rings. The van der Waals surface area contributed by atoms with E-state index in [2.05, 4.69) is 50.4 Å². The predicted octanol–water partition coefficient (Wildman–Crippen LogP) is 5.68. The maximum absolute atomic E-state index is 13.2. The first-order chi connectivity index (χ1) is 12.8. The van der Waals surface area contributed by atoms with E-state index >= 15 is 0 Å². The van der Waals surface area contributed by atoms with E-state index in [1.807, 2.05) is 0 Å². The third kappa shape index (κ3) is 3.92. The van der Waals surface area contributed by atoms with Crippen LogP contribution in [-0.2, 0) is 11.2 Å². The number of carbonyl (C=O) groups excluding carboxylic acids is 1. The zero-order chi connectivity index (χ0) is 19.2. The van der Waals surface area contributed by atoms with Crippen LogP contribution in [0.2, 0.25) is 0 Å². The number of hydrogen-bond acceptors (Lipinski definition) is 1. The van der Waals surface area contributed by atoms with Gasteiger partial charge in [0.2, 0.25) is 5.91 Å². The summed E-state index contributed by atoms with van der Waals surface area (Å²) in [6.45, 7) is 7.43. The Morgan fingerprint density at radius 2 is 1.74 bits per heavy atom. The van der Waals surface area contributed by atoms with Gasteiger partial charge in [0, 0.05) is 11.4 Å². The summed E-state index contributed by atoms with van der Waals surface area (Å²) in [4.78, 5) is 13.1. The van der Waals surface area contributed by atoms with Gasteiger partial charge in [0.15, 0.2) is 0 Å². The third-order valence-electron chi connectivity index (χ3n) is 7.23. The second-order valence-electron chi connectivity index (χ2n) is 10.3. The van der Waals surface area contributed by atoms with Crippen molar-refractivity contribution >= 4 is 17.5 Å². The van der Waals surface area contributed by atoms with E-state index in [-0.39, 0.29) is 16.2 Å². The fourth-order valence-corrected chi connectivity index (χ4v) is 7.11. The van der Waals surface area contributed by atoms with E-state index in [0.717, 1.165) is 38.5 Å². The summed E-state index contributed by atoms with van der Waals surface area (Å²) in [5, 5.41) is 3.30. The molecule has 3 atom stereocenters. The van der Waals surface area contributed by atoms with Crippen LogP contribution in [0, 0.1) is 23.2 Å². The van der Waals surface area contributed by atoms with Gasteiger partial charge in [-0.3, -0.25) is 4.79 Å². The van der Waals surface area contributed by atoms with Crippen LogP contribution in [0.15, 0.2) is 24.3 Å². The Balaban J connectivity index is 1.36. The molecule has 2 nitrogen and oxygen atoms in total. The minimum Gasteiger partial charge on any atom is -0.355 e. The molecule has 0 aliphatic heterocycles. The van der Waals surface area contributed by atoms with E-state index in [1.54, 1.807) is 0 Å². The van der Waals surface area contributed by atoms with Crippen molar-refractivity contribution in [3.05, 3.63) is 35.4 Å². The molecule has 27 heavy (non-hydrogen) atoms. The molecule has 1 N–H and O–H groups in total. The third-order valence-corrected chi connectivity index (χ3v) is 7.68. The molecule has 0 heterocycles. The lowest BCUT2D eigenvalue weighted by atomic mass is 9.49. The van der Waals surface area contributed by atoms with Gasteiger partial charge < -0.3 is 5.32 Å². The number of rotatable bonds is 6. The first-order valence-corrected chi connectivity index (χ1v) is 11.2. The van der Waals surface area contributed by atoms with Crippen molar-refractivity contribution in [1.82, 2.24) is 5.32 Å². The smallest absolute Gasteiger partial charge is 0.226 e. The standard InChI is InChI=1S/C24H34ClNO/c1-16(2)8-18-4-6-21(7-5-18)17(3)14-26-22(27)23-10-19-9-20(11-23)13-24(25,12-19)15-23/h4-7,16-17,19-20H,8-15H2,1-3H3,(H,26,27). The van der Waals surface area contributed by atoms with Gasteiger partial charge >= 0.3 is 0 Å². The highest BCUT2D eigenvalue weighted by atomic mass is 35.5. The number of amides is 1. The molecule has 1 aromatic carbocycles. The van der Waals surface area contributed by atoms with E-state index in [4.69, 9.17) is 11.6 Å². The molecule has 1 amide bonds. The van der Waals surface area contributed by atoms with Crippen LogP contribution in [0.1, 0.15) is 76.3 Å². The predicted molar refractivity (Wildman–Crippen MR) is 112 cm³/mol. The summed E-state index contributed by atoms with van der Waals surface area (Å²) in [5.41, 5.74) is 2.51. The quantitative estimate of drug-likeness (QED) is 0.625. The number of nitrogens with one attached hydrogen (secondary N) is 1. The summed E-state index contributed by atoms with van der Waals surface area (Å²) >= 11 is 6.89. The topological polar surface area (TPSA) is 29.1 Å². The Morgan fingerprint density at radius 3 is 2.30 bits per heavy atom. The molecule has 148 valence electrons. The Hall–Kier alpha value is -1.02. The van der Waals surface area contributed by atoms with Gasteiger partial charge in [0.05, 0.1) is 5.41 Å². The van der Waals surface area contributed by atoms with Gasteiger partial charge in [0.25, 0.3) is 0 Å². The van der Waals surface area contributed by atoms with Crippen LogP contribution < -0.4 is 5.32 Å². The maximum atomic E-state index is 13.2. The van der Waals surface area contributed by atoms with Crippen molar-refractivity contribution < 1.29 is 4.79 Å². The number of carbonyl (C=O) groups is 1. The van der Waals surface area contributed by atoms with Crippen LogP contribution in [0.3, 0.4) is 0 Å². The number of alkyl halides is 1. The van der Waals surface area contributed by atoms with Crippen molar-refractivity contribution in [2.24, 2.45) is 23.2 Å². The minimum absolute atomic E-state index is 0.0979. The molecule has 3 unspecified atom stereocenters. The molecule has 4 saturated carbocycles. The van der Waals surface area contributed by atoms with Gasteiger partial charge in [0.1, 0.15) is 0 Å². The van der Waals surface area contributed by atoms with Gasteiger partial charge in [-0.2, -0.15) is 0 Å². The molecule has 4 fully saturated rings. The first-order valence-electron chi connectivity index (χ1n) is 10.8. The number of benzene rings is 1. The van der Waals surface area contributed by atoms with Crippen molar-refractivity contribution in [3.8, 4) is 0 Å². The van der Waals surface area contributed by atoms with Gasteiger partial charge in [-0.25, -0.2) is 0 Å². The normalized spacial score (nSPS) is 35.4. The summed E-state index contributed by atoms with van der Waals surface area (Å²) in [7, 11) is 0. The zero-order valence-electron chi connectivity index (χ0n) is 17.1. The summed E-state index contributed by atoms with van der Waals surface area (Å²) < 4.78 is 0. The van der Waals surface area contributed by atoms with E-state index < -0.39 is 0 Å². The zero-order valence-corrected chi connectivity index (χ0v) is 17.8. The lowest BCUT2D eigenvalue weighted by molar-refractivity contribution is -0.144. The molecular formula is C24H34ClNO. The van der Waals surface area contributed by atoms with E-state index in [0.29, 0.717) is 30.2 Å². The van der Waals surface area contributed by atoms with Crippen LogP contribution in [0.5, 0.6) is 0 Å². The highest BCUT2D eigenvalue weighted by Crippen LogP contribution is 2.63. The number of halogens is 1. The molecule has 3 heteroatoms. The maximum Gasteiger partial charge on any atom is 0.226 e. The monoisotopic (exact) mass is 387 g/mol. The fourth-order valence-electron chi connectivity index (χ4n) is 6.42. The van der Waals surface area contributed by atoms with Crippen molar-refractivity contribution in [1.29, 1.82) is 0 Å². The molecular weight excluding hydrogens is 354 g/mol. The van der Waals surface area contributed by atoms with Crippen molar-refractivity contribution in [2.75, 3.05) is 6.54 Å². The average Bonchev–Trinajstić information content (AvgIpc) is 2.57. The van der Waals surface area contributed by atoms with Crippen LogP contribution in [-0.4, -0.2) is 17.3 Å². The highest BCUT2D eigenvalue weighted by Gasteiger charge is 2.59. The van der Waals surface area contributed by atoms with Gasteiger partial charge in [-0.05, 0) is 79.7 Å². The number of hydrogen-bond donors (Lipinski definition) is 1. The highest BCUT2D eigenvalue weighted by molar-refractivity contribution is 6.24. The average molecular weight is 388 g/mol. The lowest BCUT2D eigenvalue weighted by Gasteiger charge is -2.59. The SMILES string of the molecule is CC(C)Cc1ccc(C(C)CNC(=O)C23CC4CC(CC(Cl)(C4)C2)C3)cc1. The van der Waals surface area contributed by atoms with Crippen molar-refractivity contribution in [3.63, 3.8) is 0 Å². The summed E-state index contributed by atoms with van der Waals surface area (Å²) in [5.74, 6) is 2.62. The fraction of sp³-hybridized carbons (Fsp3) is 0.708. The second kappa shape index (κ2) is 7.10. The van der Waals surface area contributed by atoms with Crippen LogP contribution in [0.25, 0.3) is 0 Å². The first kappa shape index (κ1) is 19.3. The molecule has 0 aromatic heterocycles. The van der Waals surface area contributed by atoms with E-state index in [1.165, 1.54) is 17.5 Å². The van der Waals surface area contributed by atoms with Gasteiger partial charge in [-0.15, -0.1) is 11.6 Å². The van der Waals surface area contributed by atoms with Gasteiger partial charge in [-0.1, -0.05) is 45.0 Å². The molecule has 0 radical (unpaired) electrons. The van der Waals surface area contributed by atoms with Crippen molar-refractivity contribution in [2.45, 2.75) is 76.5 Å².